The van der Waals surface area contributed by atoms with Crippen LogP contribution in [0.2, 0.25) is 5.02 Å². The molecule has 110 valence electrons. The minimum absolute atomic E-state index is 0.0552. The van der Waals surface area contributed by atoms with Gasteiger partial charge in [-0.25, -0.2) is 0 Å². The fourth-order valence-electron chi connectivity index (χ4n) is 2.10. The summed E-state index contributed by atoms with van der Waals surface area (Å²) in [6.45, 7) is 4.70. The molecule has 0 aliphatic rings. The van der Waals surface area contributed by atoms with E-state index in [0.29, 0.717) is 23.7 Å². The molecule has 0 bridgehead atoms. The van der Waals surface area contributed by atoms with Gasteiger partial charge in [0, 0.05) is 18.7 Å². The summed E-state index contributed by atoms with van der Waals surface area (Å²) in [5, 5.41) is 6.64. The number of anilines is 2. The first kappa shape index (κ1) is 15.4. The first-order valence-corrected chi connectivity index (χ1v) is 7.29. The smallest absolute Gasteiger partial charge is 0.226 e. The molecule has 1 amide bonds. The van der Waals surface area contributed by atoms with Crippen molar-refractivity contribution in [3.05, 3.63) is 58.6 Å². The maximum atomic E-state index is 11.9. The highest BCUT2D eigenvalue weighted by Gasteiger charge is 2.05. The van der Waals surface area contributed by atoms with Crippen LogP contribution >= 0.6 is 11.6 Å². The van der Waals surface area contributed by atoms with Crippen molar-refractivity contribution in [3.63, 3.8) is 0 Å². The molecule has 0 saturated heterocycles. The molecule has 0 saturated carbocycles. The van der Waals surface area contributed by atoms with E-state index in [9.17, 15) is 4.79 Å². The number of amides is 1. The van der Waals surface area contributed by atoms with Gasteiger partial charge in [0.1, 0.15) is 0 Å². The summed E-state index contributed by atoms with van der Waals surface area (Å²) >= 11 is 6.00. The molecule has 0 spiro atoms. The lowest BCUT2D eigenvalue weighted by molar-refractivity contribution is -0.115. The highest BCUT2D eigenvalue weighted by atomic mass is 35.5. The molecule has 0 fully saturated rings. The highest BCUT2D eigenvalue weighted by molar-refractivity contribution is 6.33. The number of benzene rings is 2. The molecule has 0 aliphatic carbocycles. The van der Waals surface area contributed by atoms with Crippen molar-refractivity contribution in [2.75, 3.05) is 17.2 Å². The molecule has 4 heteroatoms. The summed E-state index contributed by atoms with van der Waals surface area (Å²) in [7, 11) is 0. The van der Waals surface area contributed by atoms with Gasteiger partial charge in [0.2, 0.25) is 5.91 Å². The number of nitrogens with one attached hydrogen (secondary N) is 2. The summed E-state index contributed by atoms with van der Waals surface area (Å²) in [5.74, 6) is -0.0552. The zero-order chi connectivity index (χ0) is 15.2. The van der Waals surface area contributed by atoms with Crippen LogP contribution in [0.1, 0.15) is 17.5 Å². The Kier molecular flexibility index (Phi) is 5.23. The van der Waals surface area contributed by atoms with Crippen molar-refractivity contribution in [1.29, 1.82) is 0 Å². The molecule has 0 heterocycles. The number of hydrogen-bond acceptors (Lipinski definition) is 2. The first-order chi connectivity index (χ1) is 10.1. The van der Waals surface area contributed by atoms with Gasteiger partial charge in [0.15, 0.2) is 0 Å². The van der Waals surface area contributed by atoms with Crippen LogP contribution in [0.15, 0.2) is 42.5 Å². The van der Waals surface area contributed by atoms with E-state index in [2.05, 4.69) is 36.6 Å². The summed E-state index contributed by atoms with van der Waals surface area (Å²) in [6.07, 6.45) is 0.387. The molecule has 0 aliphatic heterocycles. The fraction of sp³-hybridized carbons (Fsp3) is 0.235. The molecule has 21 heavy (non-hydrogen) atoms. The van der Waals surface area contributed by atoms with Crippen molar-refractivity contribution in [3.8, 4) is 0 Å². The molecule has 2 aromatic carbocycles. The zero-order valence-electron chi connectivity index (χ0n) is 12.2. The van der Waals surface area contributed by atoms with E-state index >= 15 is 0 Å². The summed E-state index contributed by atoms with van der Waals surface area (Å²) in [5.41, 5.74) is 4.12. The van der Waals surface area contributed by atoms with E-state index in [4.69, 9.17) is 11.6 Å². The van der Waals surface area contributed by atoms with E-state index in [1.807, 2.05) is 18.2 Å². The minimum atomic E-state index is -0.0552. The summed E-state index contributed by atoms with van der Waals surface area (Å²) in [4.78, 5) is 11.9. The second-order valence-electron chi connectivity index (χ2n) is 5.02. The second-order valence-corrected chi connectivity index (χ2v) is 5.43. The lowest BCUT2D eigenvalue weighted by Gasteiger charge is -2.11. The van der Waals surface area contributed by atoms with E-state index in [1.54, 1.807) is 12.1 Å². The normalized spacial score (nSPS) is 10.2. The number of carbonyl (C=O) groups is 1. The first-order valence-electron chi connectivity index (χ1n) is 6.92. The average molecular weight is 303 g/mol. The van der Waals surface area contributed by atoms with Crippen molar-refractivity contribution in [2.24, 2.45) is 0 Å². The van der Waals surface area contributed by atoms with Crippen LogP contribution in [0.25, 0.3) is 0 Å². The van der Waals surface area contributed by atoms with Gasteiger partial charge in [-0.2, -0.15) is 0 Å². The Balaban J connectivity index is 1.83. The number of aryl methyl sites for hydroxylation is 2. The van der Waals surface area contributed by atoms with Crippen molar-refractivity contribution in [1.82, 2.24) is 0 Å². The van der Waals surface area contributed by atoms with E-state index in [1.165, 1.54) is 11.1 Å². The van der Waals surface area contributed by atoms with Crippen LogP contribution in [0.4, 0.5) is 11.4 Å². The van der Waals surface area contributed by atoms with Gasteiger partial charge >= 0.3 is 0 Å². The molecule has 0 aromatic heterocycles. The number of hydrogen-bond donors (Lipinski definition) is 2. The molecule has 3 nitrogen and oxygen atoms in total. The predicted molar refractivity (Wildman–Crippen MR) is 89.1 cm³/mol. The van der Waals surface area contributed by atoms with Gasteiger partial charge in [0.05, 0.1) is 10.7 Å². The number of rotatable bonds is 5. The largest absolute Gasteiger partial charge is 0.384 e. The third kappa shape index (κ3) is 4.50. The lowest BCUT2D eigenvalue weighted by atomic mass is 10.1. The standard InChI is InChI=1S/C17H19ClN2O/c1-12-7-8-15(13(2)11-12)19-10-9-17(21)20-16-6-4-3-5-14(16)18/h3-8,11,19H,9-10H2,1-2H3,(H,20,21). The van der Waals surface area contributed by atoms with Crippen LogP contribution in [-0.4, -0.2) is 12.5 Å². The summed E-state index contributed by atoms with van der Waals surface area (Å²) < 4.78 is 0. The lowest BCUT2D eigenvalue weighted by Crippen LogP contribution is -2.16. The van der Waals surface area contributed by atoms with Gasteiger partial charge in [-0.1, -0.05) is 41.4 Å². The number of halogens is 1. The van der Waals surface area contributed by atoms with Crippen molar-refractivity contribution in [2.45, 2.75) is 20.3 Å². The fourth-order valence-corrected chi connectivity index (χ4v) is 2.28. The predicted octanol–water partition coefficient (Wildman–Crippen LogP) is 4.40. The molecule has 0 radical (unpaired) electrons. The Hall–Kier alpha value is -2.00. The number of carbonyl (C=O) groups excluding carboxylic acids is 1. The van der Waals surface area contributed by atoms with Gasteiger partial charge in [-0.3, -0.25) is 4.79 Å². The van der Waals surface area contributed by atoms with Crippen LogP contribution < -0.4 is 10.6 Å². The second kappa shape index (κ2) is 7.14. The molecular weight excluding hydrogens is 284 g/mol. The van der Waals surface area contributed by atoms with E-state index < -0.39 is 0 Å². The maximum Gasteiger partial charge on any atom is 0.226 e. The van der Waals surface area contributed by atoms with Crippen molar-refractivity contribution >= 4 is 28.9 Å². The van der Waals surface area contributed by atoms with E-state index in [-0.39, 0.29) is 5.91 Å². The number of para-hydroxylation sites is 1. The third-order valence-corrected chi connectivity index (χ3v) is 3.53. The maximum absolute atomic E-state index is 11.9. The molecule has 2 aromatic rings. The Bertz CT molecular complexity index is 640. The van der Waals surface area contributed by atoms with Gasteiger partial charge < -0.3 is 10.6 Å². The quantitative estimate of drug-likeness (QED) is 0.859. The van der Waals surface area contributed by atoms with Crippen molar-refractivity contribution < 1.29 is 4.79 Å². The Labute approximate surface area is 130 Å². The summed E-state index contributed by atoms with van der Waals surface area (Å²) in [6, 6.07) is 13.4. The van der Waals surface area contributed by atoms with Crippen LogP contribution in [0, 0.1) is 13.8 Å². The monoisotopic (exact) mass is 302 g/mol. The Morgan fingerprint density at radius 3 is 2.57 bits per heavy atom. The van der Waals surface area contributed by atoms with Crippen LogP contribution in [-0.2, 0) is 4.79 Å². The Morgan fingerprint density at radius 1 is 1.10 bits per heavy atom. The molecule has 0 atom stereocenters. The molecule has 2 rings (SSSR count). The molecule has 2 N–H and O–H groups in total. The topological polar surface area (TPSA) is 41.1 Å². The average Bonchev–Trinajstić information content (AvgIpc) is 2.44. The van der Waals surface area contributed by atoms with E-state index in [0.717, 1.165) is 5.69 Å². The molecule has 0 unspecified atom stereocenters. The highest BCUT2D eigenvalue weighted by Crippen LogP contribution is 2.20. The van der Waals surface area contributed by atoms with Crippen LogP contribution in [0.5, 0.6) is 0 Å². The Morgan fingerprint density at radius 2 is 1.86 bits per heavy atom. The van der Waals surface area contributed by atoms with Gasteiger partial charge in [0.25, 0.3) is 0 Å². The third-order valence-electron chi connectivity index (χ3n) is 3.20. The van der Waals surface area contributed by atoms with Gasteiger partial charge in [-0.05, 0) is 37.6 Å². The van der Waals surface area contributed by atoms with Crippen LogP contribution in [0.3, 0.4) is 0 Å². The SMILES string of the molecule is Cc1ccc(NCCC(=O)Nc2ccccc2Cl)c(C)c1. The zero-order valence-corrected chi connectivity index (χ0v) is 13.0. The minimum Gasteiger partial charge on any atom is -0.384 e. The van der Waals surface area contributed by atoms with Gasteiger partial charge in [-0.15, -0.1) is 0 Å². The molecular formula is C17H19ClN2O.